The molecule has 1 aliphatic rings. The minimum Gasteiger partial charge on any atom is -0.475 e. The molecular formula is C28H27NO4. The van der Waals surface area contributed by atoms with E-state index in [1.807, 2.05) is 91.0 Å². The zero-order valence-electron chi connectivity index (χ0n) is 18.4. The van der Waals surface area contributed by atoms with E-state index in [0.29, 0.717) is 19.8 Å². The predicted octanol–water partition coefficient (Wildman–Crippen LogP) is 5.18. The van der Waals surface area contributed by atoms with Gasteiger partial charge in [-0.3, -0.25) is 0 Å². The van der Waals surface area contributed by atoms with Crippen molar-refractivity contribution in [2.75, 3.05) is 6.61 Å². The SMILES string of the molecule is N#CC1=C[C@H](OCc2ccccc2)C(OCc2ccccc2)C(COCc2ccccc2)O1. The first-order valence-corrected chi connectivity index (χ1v) is 11.0. The van der Waals surface area contributed by atoms with Crippen LogP contribution in [-0.2, 0) is 38.8 Å². The first-order valence-electron chi connectivity index (χ1n) is 11.0. The van der Waals surface area contributed by atoms with Gasteiger partial charge in [-0.05, 0) is 16.7 Å². The molecule has 0 aliphatic carbocycles. The van der Waals surface area contributed by atoms with Crippen LogP contribution in [0.4, 0.5) is 0 Å². The van der Waals surface area contributed by atoms with Crippen LogP contribution in [0.3, 0.4) is 0 Å². The molecule has 0 N–H and O–H groups in total. The number of nitriles is 1. The fourth-order valence-corrected chi connectivity index (χ4v) is 3.66. The molecule has 0 amide bonds. The van der Waals surface area contributed by atoms with Gasteiger partial charge in [0.2, 0.25) is 0 Å². The summed E-state index contributed by atoms with van der Waals surface area (Å²) in [6.07, 6.45) is 0.356. The summed E-state index contributed by atoms with van der Waals surface area (Å²) < 4.78 is 24.4. The highest BCUT2D eigenvalue weighted by Gasteiger charge is 2.37. The number of nitrogens with zero attached hydrogens (tertiary/aromatic N) is 1. The zero-order chi connectivity index (χ0) is 22.7. The van der Waals surface area contributed by atoms with Crippen molar-refractivity contribution in [3.63, 3.8) is 0 Å². The molecule has 3 atom stereocenters. The molecule has 5 nitrogen and oxygen atoms in total. The maximum Gasteiger partial charge on any atom is 0.196 e. The van der Waals surface area contributed by atoms with E-state index in [0.717, 1.165) is 16.7 Å². The molecule has 0 radical (unpaired) electrons. The first kappa shape index (κ1) is 22.8. The molecule has 3 aromatic rings. The lowest BCUT2D eigenvalue weighted by Crippen LogP contribution is -2.47. The lowest BCUT2D eigenvalue weighted by molar-refractivity contribution is -0.151. The smallest absolute Gasteiger partial charge is 0.196 e. The van der Waals surface area contributed by atoms with Crippen LogP contribution in [0.1, 0.15) is 16.7 Å². The fraction of sp³-hybridized carbons (Fsp3) is 0.250. The van der Waals surface area contributed by atoms with Gasteiger partial charge in [0, 0.05) is 6.08 Å². The molecule has 0 saturated carbocycles. The van der Waals surface area contributed by atoms with Gasteiger partial charge in [0.1, 0.15) is 18.3 Å². The average molecular weight is 442 g/mol. The number of allylic oxidation sites excluding steroid dienone is 1. The van der Waals surface area contributed by atoms with Gasteiger partial charge in [-0.15, -0.1) is 0 Å². The molecule has 3 aromatic carbocycles. The third-order valence-corrected chi connectivity index (χ3v) is 5.36. The van der Waals surface area contributed by atoms with Crippen molar-refractivity contribution < 1.29 is 18.9 Å². The third kappa shape index (κ3) is 6.77. The van der Waals surface area contributed by atoms with Crippen LogP contribution >= 0.6 is 0 Å². The monoisotopic (exact) mass is 441 g/mol. The van der Waals surface area contributed by atoms with Crippen LogP contribution in [0.5, 0.6) is 0 Å². The summed E-state index contributed by atoms with van der Waals surface area (Å²) >= 11 is 0. The van der Waals surface area contributed by atoms with Gasteiger partial charge in [0.15, 0.2) is 11.9 Å². The van der Waals surface area contributed by atoms with Gasteiger partial charge in [-0.2, -0.15) is 5.26 Å². The topological polar surface area (TPSA) is 60.7 Å². The summed E-state index contributed by atoms with van der Waals surface area (Å²) in [5, 5.41) is 9.53. The molecule has 0 bridgehead atoms. The van der Waals surface area contributed by atoms with Crippen LogP contribution in [0.25, 0.3) is 0 Å². The van der Waals surface area contributed by atoms with Crippen molar-refractivity contribution in [1.82, 2.24) is 0 Å². The third-order valence-electron chi connectivity index (χ3n) is 5.36. The molecule has 0 aromatic heterocycles. The van der Waals surface area contributed by atoms with Crippen molar-refractivity contribution in [3.05, 3.63) is 120 Å². The molecule has 1 aliphatic heterocycles. The van der Waals surface area contributed by atoms with Gasteiger partial charge >= 0.3 is 0 Å². The standard InChI is InChI=1S/C28H27NO4/c29-17-25-16-26(31-19-23-12-6-2-7-13-23)28(32-20-24-14-8-3-9-15-24)27(33-25)21-30-18-22-10-4-1-5-11-22/h1-16,26-28H,18-21H2/t26-,27?,28?/m0/s1. The zero-order valence-corrected chi connectivity index (χ0v) is 18.4. The Morgan fingerprint density at radius 2 is 1.21 bits per heavy atom. The van der Waals surface area contributed by atoms with Gasteiger partial charge in [-0.1, -0.05) is 91.0 Å². The Balaban J connectivity index is 1.47. The normalized spacial score (nSPS) is 19.8. The van der Waals surface area contributed by atoms with Crippen molar-refractivity contribution in [2.24, 2.45) is 0 Å². The number of hydrogen-bond donors (Lipinski definition) is 0. The predicted molar refractivity (Wildman–Crippen MR) is 125 cm³/mol. The van der Waals surface area contributed by atoms with E-state index < -0.39 is 18.3 Å². The maximum atomic E-state index is 9.53. The highest BCUT2D eigenvalue weighted by Crippen LogP contribution is 2.25. The summed E-state index contributed by atoms with van der Waals surface area (Å²) in [4.78, 5) is 0. The first-order chi connectivity index (χ1) is 16.3. The molecule has 0 fully saturated rings. The Labute approximate surface area is 194 Å². The number of benzene rings is 3. The fourth-order valence-electron chi connectivity index (χ4n) is 3.66. The van der Waals surface area contributed by atoms with Gasteiger partial charge in [0.05, 0.1) is 26.4 Å². The second-order valence-corrected chi connectivity index (χ2v) is 7.82. The largest absolute Gasteiger partial charge is 0.475 e. The highest BCUT2D eigenvalue weighted by molar-refractivity contribution is 5.21. The van der Waals surface area contributed by atoms with E-state index in [-0.39, 0.29) is 12.4 Å². The lowest BCUT2D eigenvalue weighted by atomic mass is 10.0. The summed E-state index contributed by atoms with van der Waals surface area (Å²) in [6, 6.07) is 32.0. The van der Waals surface area contributed by atoms with E-state index in [2.05, 4.69) is 6.07 Å². The molecule has 4 rings (SSSR count). The molecular weight excluding hydrogens is 414 g/mol. The minimum atomic E-state index is -0.474. The Morgan fingerprint density at radius 1 is 0.697 bits per heavy atom. The van der Waals surface area contributed by atoms with Gasteiger partial charge < -0.3 is 18.9 Å². The van der Waals surface area contributed by atoms with Crippen LogP contribution in [0.2, 0.25) is 0 Å². The molecule has 0 spiro atoms. The molecule has 33 heavy (non-hydrogen) atoms. The average Bonchev–Trinajstić information content (AvgIpc) is 2.88. The summed E-state index contributed by atoms with van der Waals surface area (Å²) in [5.74, 6) is 0.223. The van der Waals surface area contributed by atoms with E-state index in [1.54, 1.807) is 6.08 Å². The van der Waals surface area contributed by atoms with E-state index in [9.17, 15) is 5.26 Å². The number of rotatable bonds is 10. The summed E-state index contributed by atoms with van der Waals surface area (Å²) in [7, 11) is 0. The second-order valence-electron chi connectivity index (χ2n) is 7.82. The minimum absolute atomic E-state index is 0.223. The Bertz CT molecular complexity index is 1050. The molecule has 1 heterocycles. The van der Waals surface area contributed by atoms with Gasteiger partial charge in [0.25, 0.3) is 0 Å². The summed E-state index contributed by atoms with van der Waals surface area (Å²) in [6.45, 7) is 1.54. The molecule has 2 unspecified atom stereocenters. The Morgan fingerprint density at radius 3 is 1.76 bits per heavy atom. The number of ether oxygens (including phenoxy) is 4. The van der Waals surface area contributed by atoms with Crippen LogP contribution in [0.15, 0.2) is 103 Å². The van der Waals surface area contributed by atoms with Crippen LogP contribution in [0, 0.1) is 11.3 Å². The quantitative estimate of drug-likeness (QED) is 0.434. The lowest BCUT2D eigenvalue weighted by Gasteiger charge is -2.35. The maximum absolute atomic E-state index is 9.53. The Kier molecular flexibility index (Phi) is 8.26. The second kappa shape index (κ2) is 12.0. The summed E-state index contributed by atoms with van der Waals surface area (Å²) in [5.41, 5.74) is 3.18. The van der Waals surface area contributed by atoms with Crippen molar-refractivity contribution in [3.8, 4) is 6.07 Å². The molecule has 5 heteroatoms. The van der Waals surface area contributed by atoms with Crippen molar-refractivity contribution in [2.45, 2.75) is 38.1 Å². The highest BCUT2D eigenvalue weighted by atomic mass is 16.6. The van der Waals surface area contributed by atoms with Crippen molar-refractivity contribution >= 4 is 0 Å². The molecule has 0 saturated heterocycles. The van der Waals surface area contributed by atoms with E-state index >= 15 is 0 Å². The van der Waals surface area contributed by atoms with E-state index in [1.165, 1.54) is 0 Å². The van der Waals surface area contributed by atoms with Crippen LogP contribution < -0.4 is 0 Å². The Hall–Kier alpha value is -3.43. The molecule has 168 valence electrons. The van der Waals surface area contributed by atoms with Crippen LogP contribution in [-0.4, -0.2) is 24.9 Å². The van der Waals surface area contributed by atoms with Gasteiger partial charge in [-0.25, -0.2) is 0 Å². The van der Waals surface area contributed by atoms with E-state index in [4.69, 9.17) is 18.9 Å². The van der Waals surface area contributed by atoms with Crippen molar-refractivity contribution in [1.29, 1.82) is 5.26 Å². The number of hydrogen-bond acceptors (Lipinski definition) is 5.